The molecule has 1 aliphatic rings. The van der Waals surface area contributed by atoms with Crippen LogP contribution >= 0.6 is 11.6 Å². The summed E-state index contributed by atoms with van der Waals surface area (Å²) in [4.78, 5) is 19.7. The van der Waals surface area contributed by atoms with Gasteiger partial charge < -0.3 is 15.0 Å². The van der Waals surface area contributed by atoms with Crippen LogP contribution in [-0.2, 0) is 0 Å². The topological polar surface area (TPSA) is 54.5 Å². The van der Waals surface area contributed by atoms with E-state index in [1.807, 2.05) is 18.7 Å². The Hall–Kier alpha value is -1.33. The number of carbonyl (C=O) groups excluding carboxylic acids is 1. The van der Waals surface area contributed by atoms with Crippen molar-refractivity contribution < 1.29 is 9.53 Å². The van der Waals surface area contributed by atoms with Crippen LogP contribution in [0.4, 0.5) is 0 Å². The highest BCUT2D eigenvalue weighted by molar-refractivity contribution is 6.32. The van der Waals surface area contributed by atoms with Gasteiger partial charge >= 0.3 is 0 Å². The zero-order valence-electron chi connectivity index (χ0n) is 18.4. The highest BCUT2D eigenvalue weighted by Gasteiger charge is 2.41. The third kappa shape index (κ3) is 6.08. The molecule has 1 aromatic rings. The van der Waals surface area contributed by atoms with Gasteiger partial charge in [-0.2, -0.15) is 0 Å². The highest BCUT2D eigenvalue weighted by atomic mass is 35.5. The maximum absolute atomic E-state index is 13.4. The number of pyridine rings is 1. The van der Waals surface area contributed by atoms with Gasteiger partial charge in [0.05, 0.1) is 11.7 Å². The number of nitrogens with one attached hydrogen (secondary N) is 1. The van der Waals surface area contributed by atoms with E-state index in [9.17, 15) is 4.79 Å². The maximum atomic E-state index is 13.4. The number of rotatable bonds is 7. The summed E-state index contributed by atoms with van der Waals surface area (Å²) in [7, 11) is 0. The van der Waals surface area contributed by atoms with Crippen molar-refractivity contribution in [1.82, 2.24) is 15.2 Å². The van der Waals surface area contributed by atoms with E-state index in [0.717, 1.165) is 32.2 Å². The number of ether oxygens (including phenoxy) is 1. The van der Waals surface area contributed by atoms with Crippen molar-refractivity contribution in [1.29, 1.82) is 0 Å². The van der Waals surface area contributed by atoms with Crippen molar-refractivity contribution in [3.63, 3.8) is 0 Å². The Kier molecular flexibility index (Phi) is 7.38. The van der Waals surface area contributed by atoms with Crippen molar-refractivity contribution in [2.75, 3.05) is 6.54 Å². The number of amides is 1. The minimum absolute atomic E-state index is 0.00236. The van der Waals surface area contributed by atoms with Crippen LogP contribution in [0.25, 0.3) is 0 Å². The van der Waals surface area contributed by atoms with Crippen LogP contribution < -0.4 is 10.1 Å². The molecule has 0 saturated carbocycles. The first-order valence-electron chi connectivity index (χ1n) is 10.4. The van der Waals surface area contributed by atoms with Gasteiger partial charge in [0.2, 0.25) is 5.88 Å². The lowest BCUT2D eigenvalue weighted by Gasteiger charge is -2.49. The lowest BCUT2D eigenvalue weighted by Crippen LogP contribution is -2.62. The fourth-order valence-corrected chi connectivity index (χ4v) is 4.50. The molecule has 2 heterocycles. The fourth-order valence-electron chi connectivity index (χ4n) is 4.29. The fraction of sp³-hybridized carbons (Fsp3) is 0.727. The second-order valence-corrected chi connectivity index (χ2v) is 9.89. The van der Waals surface area contributed by atoms with Crippen LogP contribution in [-0.4, -0.2) is 45.6 Å². The summed E-state index contributed by atoms with van der Waals surface area (Å²) < 4.78 is 5.60. The Labute approximate surface area is 175 Å². The number of carbonyl (C=O) groups is 1. The molecule has 1 N–H and O–H groups in total. The molecule has 158 valence electrons. The van der Waals surface area contributed by atoms with E-state index in [-0.39, 0.29) is 29.1 Å². The molecule has 0 unspecified atom stereocenters. The van der Waals surface area contributed by atoms with E-state index < -0.39 is 0 Å². The van der Waals surface area contributed by atoms with Gasteiger partial charge in [-0.1, -0.05) is 24.9 Å². The van der Waals surface area contributed by atoms with Gasteiger partial charge in [0.15, 0.2) is 0 Å². The zero-order chi connectivity index (χ0) is 21.1. The first kappa shape index (κ1) is 23.0. The number of hydrogen-bond donors (Lipinski definition) is 1. The number of hydrogen-bond acceptors (Lipinski definition) is 4. The average Bonchev–Trinajstić information content (AvgIpc) is 2.53. The third-order valence-electron chi connectivity index (χ3n) is 5.02. The Morgan fingerprint density at radius 1 is 1.32 bits per heavy atom. The molecule has 1 saturated heterocycles. The number of halogens is 1. The summed E-state index contributed by atoms with van der Waals surface area (Å²) in [6.45, 7) is 15.6. The molecule has 1 fully saturated rings. The molecule has 2 rings (SSSR count). The largest absolute Gasteiger partial charge is 0.474 e. The Balaban J connectivity index is 2.29. The number of nitrogens with zero attached hydrogens (tertiary/aromatic N) is 2. The van der Waals surface area contributed by atoms with Crippen molar-refractivity contribution in [2.45, 2.75) is 97.4 Å². The lowest BCUT2D eigenvalue weighted by molar-refractivity contribution is 0.0441. The smallest absolute Gasteiger partial charge is 0.255 e. The van der Waals surface area contributed by atoms with E-state index in [1.54, 1.807) is 12.3 Å². The zero-order valence-corrected chi connectivity index (χ0v) is 19.2. The predicted octanol–water partition coefficient (Wildman–Crippen LogP) is 5.07. The second-order valence-electron chi connectivity index (χ2n) is 9.48. The summed E-state index contributed by atoms with van der Waals surface area (Å²) in [5.74, 6) is 0.370. The number of aromatic nitrogens is 1. The summed E-state index contributed by atoms with van der Waals surface area (Å²) >= 11 is 6.33. The molecule has 0 bridgehead atoms. The minimum Gasteiger partial charge on any atom is -0.474 e. The first-order chi connectivity index (χ1) is 12.9. The van der Waals surface area contributed by atoms with E-state index in [2.05, 4.69) is 44.9 Å². The third-order valence-corrected chi connectivity index (χ3v) is 5.30. The van der Waals surface area contributed by atoms with Crippen LogP contribution in [0, 0.1) is 0 Å². The van der Waals surface area contributed by atoms with Crippen molar-refractivity contribution in [3.05, 3.63) is 22.8 Å². The molecule has 1 amide bonds. The van der Waals surface area contributed by atoms with Crippen LogP contribution in [0.2, 0.25) is 5.02 Å². The molecule has 1 aromatic heterocycles. The van der Waals surface area contributed by atoms with Gasteiger partial charge in [-0.15, -0.1) is 0 Å². The maximum Gasteiger partial charge on any atom is 0.255 e. The molecule has 28 heavy (non-hydrogen) atoms. The number of unbranched alkanes of at least 4 members (excludes halogenated alkanes) is 1. The van der Waals surface area contributed by atoms with Crippen LogP contribution in [0.15, 0.2) is 12.3 Å². The standard InChI is InChI=1S/C22H36ClN3O2/c1-8-9-10-26(17-12-21(4,5)25-22(6,7)13-17)20(27)16-11-18(23)19(24-14-16)28-15(2)3/h11,14-15,17,25H,8-10,12-13H2,1-7H3. The molecule has 5 nitrogen and oxygen atoms in total. The second kappa shape index (κ2) is 9.00. The number of piperidine rings is 1. The van der Waals surface area contributed by atoms with E-state index in [1.165, 1.54) is 0 Å². The Bertz CT molecular complexity index is 672. The molecule has 0 spiro atoms. The van der Waals surface area contributed by atoms with Crippen LogP contribution in [0.3, 0.4) is 0 Å². The normalized spacial score (nSPS) is 18.9. The Morgan fingerprint density at radius 2 is 1.93 bits per heavy atom. The quantitative estimate of drug-likeness (QED) is 0.682. The molecule has 0 aliphatic carbocycles. The van der Waals surface area contributed by atoms with Gasteiger partial charge in [-0.25, -0.2) is 4.98 Å². The SMILES string of the molecule is CCCCN(C(=O)c1cnc(OC(C)C)c(Cl)c1)C1CC(C)(C)NC(C)(C)C1. The molecular formula is C22H36ClN3O2. The van der Waals surface area contributed by atoms with E-state index in [0.29, 0.717) is 16.5 Å². The molecular weight excluding hydrogens is 374 g/mol. The van der Waals surface area contributed by atoms with Crippen molar-refractivity contribution >= 4 is 17.5 Å². The average molecular weight is 410 g/mol. The summed E-state index contributed by atoms with van der Waals surface area (Å²) in [5, 5.41) is 4.07. The Morgan fingerprint density at radius 3 is 2.43 bits per heavy atom. The van der Waals surface area contributed by atoms with Crippen LogP contribution in [0.1, 0.15) is 84.5 Å². The van der Waals surface area contributed by atoms with E-state index >= 15 is 0 Å². The summed E-state index contributed by atoms with van der Waals surface area (Å²) in [6, 6.07) is 1.86. The molecule has 1 aliphatic heterocycles. The molecule has 0 radical (unpaired) electrons. The van der Waals surface area contributed by atoms with Gasteiger partial charge in [0.1, 0.15) is 5.02 Å². The molecule has 6 heteroatoms. The van der Waals surface area contributed by atoms with Crippen molar-refractivity contribution in [3.8, 4) is 5.88 Å². The summed E-state index contributed by atoms with van der Waals surface area (Å²) in [5.41, 5.74) is 0.468. The molecule has 0 atom stereocenters. The predicted molar refractivity (Wildman–Crippen MR) is 115 cm³/mol. The van der Waals surface area contributed by atoms with Gasteiger partial charge in [-0.3, -0.25) is 4.79 Å². The van der Waals surface area contributed by atoms with Gasteiger partial charge in [0.25, 0.3) is 5.91 Å². The van der Waals surface area contributed by atoms with Gasteiger partial charge in [0, 0.05) is 29.9 Å². The highest BCUT2D eigenvalue weighted by Crippen LogP contribution is 2.33. The monoisotopic (exact) mass is 409 g/mol. The van der Waals surface area contributed by atoms with E-state index in [4.69, 9.17) is 16.3 Å². The van der Waals surface area contributed by atoms with Gasteiger partial charge in [-0.05, 0) is 66.9 Å². The van der Waals surface area contributed by atoms with Crippen LogP contribution in [0.5, 0.6) is 5.88 Å². The molecule has 0 aromatic carbocycles. The first-order valence-corrected chi connectivity index (χ1v) is 10.7. The lowest BCUT2D eigenvalue weighted by atomic mass is 9.79. The van der Waals surface area contributed by atoms with Crippen molar-refractivity contribution in [2.24, 2.45) is 0 Å². The minimum atomic E-state index is -0.0258. The summed E-state index contributed by atoms with van der Waals surface area (Å²) in [6.07, 6.45) is 5.42.